The standard InChI is InChI=1S/C5H12NO5P/c7-4-5-3-6(1-2-11-5)12(8,9)10/h5,7H,1-4H2,(H2,8,9,10). The topological polar surface area (TPSA) is 90.2 Å². The third-order valence-corrected chi connectivity index (χ3v) is 2.79. The summed E-state index contributed by atoms with van der Waals surface area (Å²) in [6.45, 7) is 0.328. The first-order chi connectivity index (χ1) is 5.54. The number of rotatable bonds is 2. The van der Waals surface area contributed by atoms with Gasteiger partial charge in [-0.05, 0) is 0 Å². The van der Waals surface area contributed by atoms with Gasteiger partial charge in [-0.3, -0.25) is 0 Å². The van der Waals surface area contributed by atoms with Gasteiger partial charge in [-0.15, -0.1) is 0 Å². The lowest BCUT2D eigenvalue weighted by molar-refractivity contribution is -0.0363. The van der Waals surface area contributed by atoms with Crippen LogP contribution in [0.3, 0.4) is 0 Å². The summed E-state index contributed by atoms with van der Waals surface area (Å²) >= 11 is 0. The van der Waals surface area contributed by atoms with Crippen molar-refractivity contribution in [2.24, 2.45) is 0 Å². The summed E-state index contributed by atoms with van der Waals surface area (Å²) in [5, 5.41) is 8.67. The number of aliphatic hydroxyl groups is 1. The van der Waals surface area contributed by atoms with Gasteiger partial charge >= 0.3 is 7.75 Å². The molecule has 12 heavy (non-hydrogen) atoms. The van der Waals surface area contributed by atoms with Crippen LogP contribution in [0.5, 0.6) is 0 Å². The largest absolute Gasteiger partial charge is 0.403 e. The first-order valence-electron chi connectivity index (χ1n) is 3.57. The van der Waals surface area contributed by atoms with Crippen LogP contribution in [0.1, 0.15) is 0 Å². The van der Waals surface area contributed by atoms with Crippen LogP contribution in [0.25, 0.3) is 0 Å². The molecule has 1 unspecified atom stereocenters. The number of aliphatic hydroxyl groups excluding tert-OH is 1. The summed E-state index contributed by atoms with van der Waals surface area (Å²) in [7, 11) is -4.15. The molecule has 0 aromatic rings. The molecule has 72 valence electrons. The number of ether oxygens (including phenoxy) is 1. The fourth-order valence-electron chi connectivity index (χ4n) is 1.05. The van der Waals surface area contributed by atoms with Gasteiger partial charge in [0.25, 0.3) is 0 Å². The Balaban J connectivity index is 2.52. The van der Waals surface area contributed by atoms with Crippen LogP contribution in [-0.2, 0) is 9.30 Å². The molecule has 1 fully saturated rings. The highest BCUT2D eigenvalue weighted by Gasteiger charge is 2.31. The maximum atomic E-state index is 10.7. The fourth-order valence-corrected chi connectivity index (χ4v) is 1.79. The predicted octanol–water partition coefficient (Wildman–Crippen LogP) is -1.23. The molecule has 1 aliphatic rings. The molecular formula is C5H12NO5P. The molecule has 1 rings (SSSR count). The van der Waals surface area contributed by atoms with E-state index in [0.717, 1.165) is 4.67 Å². The number of morpholine rings is 1. The monoisotopic (exact) mass is 197 g/mol. The molecule has 1 heterocycles. The summed E-state index contributed by atoms with van der Waals surface area (Å²) in [5.41, 5.74) is 0. The Morgan fingerprint density at radius 2 is 2.25 bits per heavy atom. The van der Waals surface area contributed by atoms with Crippen LogP contribution in [0, 0.1) is 0 Å². The van der Waals surface area contributed by atoms with E-state index in [1.54, 1.807) is 0 Å². The van der Waals surface area contributed by atoms with E-state index >= 15 is 0 Å². The van der Waals surface area contributed by atoms with Gasteiger partial charge in [-0.25, -0.2) is 9.24 Å². The number of hydrogen-bond donors (Lipinski definition) is 3. The maximum absolute atomic E-state index is 10.7. The van der Waals surface area contributed by atoms with E-state index in [1.165, 1.54) is 0 Å². The van der Waals surface area contributed by atoms with E-state index in [0.29, 0.717) is 0 Å². The van der Waals surface area contributed by atoms with Crippen LogP contribution in [0.15, 0.2) is 0 Å². The summed E-state index contributed by atoms with van der Waals surface area (Å²) in [6.07, 6.45) is -0.480. The van der Waals surface area contributed by atoms with Gasteiger partial charge in [0.2, 0.25) is 0 Å². The second-order valence-corrected chi connectivity index (χ2v) is 4.19. The van der Waals surface area contributed by atoms with Crippen molar-refractivity contribution in [1.29, 1.82) is 0 Å². The lowest BCUT2D eigenvalue weighted by Crippen LogP contribution is -2.42. The second kappa shape index (κ2) is 3.83. The molecule has 0 bridgehead atoms. The summed E-state index contributed by atoms with van der Waals surface area (Å²) in [6, 6.07) is 0. The van der Waals surface area contributed by atoms with Gasteiger partial charge in [0, 0.05) is 13.1 Å². The zero-order valence-corrected chi connectivity index (χ0v) is 7.35. The molecule has 0 saturated carbocycles. The fraction of sp³-hybridized carbons (Fsp3) is 1.00. The van der Waals surface area contributed by atoms with Gasteiger partial charge in [0.15, 0.2) is 0 Å². The number of nitrogens with zero attached hydrogens (tertiary/aromatic N) is 1. The SMILES string of the molecule is O=P(O)(O)N1CCOC(CO)C1. The molecule has 3 N–H and O–H groups in total. The molecule has 1 saturated heterocycles. The quantitative estimate of drug-likeness (QED) is 0.480. The van der Waals surface area contributed by atoms with Crippen molar-refractivity contribution >= 4 is 7.75 Å². The first kappa shape index (κ1) is 10.1. The smallest absolute Gasteiger partial charge is 0.394 e. The van der Waals surface area contributed by atoms with Crippen molar-refractivity contribution in [2.75, 3.05) is 26.3 Å². The average Bonchev–Trinajstić information content (AvgIpc) is 2.03. The van der Waals surface area contributed by atoms with E-state index in [4.69, 9.17) is 19.6 Å². The second-order valence-electron chi connectivity index (χ2n) is 2.60. The molecule has 0 aliphatic carbocycles. The molecule has 0 radical (unpaired) electrons. The van der Waals surface area contributed by atoms with Crippen LogP contribution < -0.4 is 0 Å². The molecule has 0 aromatic carbocycles. The molecule has 6 nitrogen and oxygen atoms in total. The minimum atomic E-state index is -4.15. The van der Waals surface area contributed by atoms with Gasteiger partial charge < -0.3 is 19.6 Å². The summed E-state index contributed by atoms with van der Waals surface area (Å²) in [4.78, 5) is 17.5. The predicted molar refractivity (Wildman–Crippen MR) is 40.4 cm³/mol. The van der Waals surface area contributed by atoms with Crippen molar-refractivity contribution in [3.63, 3.8) is 0 Å². The third-order valence-electron chi connectivity index (χ3n) is 1.69. The van der Waals surface area contributed by atoms with Gasteiger partial charge in [0.05, 0.1) is 19.3 Å². The summed E-state index contributed by atoms with van der Waals surface area (Å²) < 4.78 is 16.8. The van der Waals surface area contributed by atoms with E-state index in [9.17, 15) is 4.57 Å². The van der Waals surface area contributed by atoms with Gasteiger partial charge in [-0.1, -0.05) is 0 Å². The van der Waals surface area contributed by atoms with Gasteiger partial charge in [0.1, 0.15) is 0 Å². The molecule has 1 aliphatic heterocycles. The Morgan fingerprint density at radius 1 is 1.58 bits per heavy atom. The van der Waals surface area contributed by atoms with E-state index in [1.807, 2.05) is 0 Å². The van der Waals surface area contributed by atoms with Crippen LogP contribution in [-0.4, -0.2) is 52.0 Å². The zero-order chi connectivity index (χ0) is 9.19. The summed E-state index contributed by atoms with van der Waals surface area (Å²) in [5.74, 6) is 0. The van der Waals surface area contributed by atoms with Gasteiger partial charge in [-0.2, -0.15) is 0 Å². The van der Waals surface area contributed by atoms with Crippen LogP contribution in [0.2, 0.25) is 0 Å². The van der Waals surface area contributed by atoms with Crippen molar-refractivity contribution in [2.45, 2.75) is 6.10 Å². The highest BCUT2D eigenvalue weighted by atomic mass is 31.2. The molecule has 0 amide bonds. The molecule has 0 spiro atoms. The van der Waals surface area contributed by atoms with E-state index in [-0.39, 0.29) is 26.3 Å². The van der Waals surface area contributed by atoms with Crippen molar-refractivity contribution in [3.05, 3.63) is 0 Å². The highest BCUT2D eigenvalue weighted by molar-refractivity contribution is 7.49. The zero-order valence-electron chi connectivity index (χ0n) is 6.46. The van der Waals surface area contributed by atoms with Crippen LogP contribution in [0.4, 0.5) is 0 Å². The highest BCUT2D eigenvalue weighted by Crippen LogP contribution is 2.40. The molecule has 0 aromatic heterocycles. The first-order valence-corrected chi connectivity index (χ1v) is 5.14. The minimum absolute atomic E-state index is 0.0841. The molecular weight excluding hydrogens is 185 g/mol. The van der Waals surface area contributed by atoms with Crippen LogP contribution >= 0.6 is 7.75 Å². The van der Waals surface area contributed by atoms with Crippen molar-refractivity contribution in [3.8, 4) is 0 Å². The lowest BCUT2D eigenvalue weighted by atomic mass is 10.3. The lowest BCUT2D eigenvalue weighted by Gasteiger charge is -2.31. The molecule has 7 heteroatoms. The van der Waals surface area contributed by atoms with Crippen molar-refractivity contribution in [1.82, 2.24) is 4.67 Å². The molecule has 1 atom stereocenters. The Bertz CT molecular complexity index is 192. The average molecular weight is 197 g/mol. The number of hydrogen-bond acceptors (Lipinski definition) is 3. The third kappa shape index (κ3) is 2.52. The van der Waals surface area contributed by atoms with E-state index < -0.39 is 13.9 Å². The Kier molecular flexibility index (Phi) is 3.22. The maximum Gasteiger partial charge on any atom is 0.403 e. The Labute approximate surface area is 70.0 Å². The Hall–Kier alpha value is 0.0300. The normalized spacial score (nSPS) is 27.4. The van der Waals surface area contributed by atoms with Crippen molar-refractivity contribution < 1.29 is 24.2 Å². The minimum Gasteiger partial charge on any atom is -0.394 e. The Morgan fingerprint density at radius 3 is 2.75 bits per heavy atom. The van der Waals surface area contributed by atoms with E-state index in [2.05, 4.69) is 0 Å².